The standard InChI is InChI=1S/C22H24F3N3O/c23-22(24,25)29-20-6-2-1-4-15(20)11-27-17-8-14-5-3-7-28-13-16-10-26-12-19(16)18(9-17)21(14)28/h1-2,4,6,8-9,16,19,26-27H,3,5,7,10-13H2. The molecule has 7 heteroatoms. The number of ether oxygens (including phenoxy) is 1. The molecule has 0 aliphatic carbocycles. The molecule has 154 valence electrons. The first-order chi connectivity index (χ1) is 14.0. The molecular weight excluding hydrogens is 379 g/mol. The Morgan fingerprint density at radius 1 is 1.17 bits per heavy atom. The normalized spacial score (nSPS) is 22.8. The molecule has 3 heterocycles. The molecule has 0 bridgehead atoms. The van der Waals surface area contributed by atoms with Gasteiger partial charge in [0.15, 0.2) is 0 Å². The van der Waals surface area contributed by atoms with Crippen molar-refractivity contribution in [2.24, 2.45) is 5.92 Å². The molecule has 1 fully saturated rings. The highest BCUT2D eigenvalue weighted by atomic mass is 19.4. The summed E-state index contributed by atoms with van der Waals surface area (Å²) in [6, 6.07) is 10.7. The van der Waals surface area contributed by atoms with Crippen LogP contribution in [0, 0.1) is 5.92 Å². The molecular formula is C22H24F3N3O. The van der Waals surface area contributed by atoms with Crippen LogP contribution >= 0.6 is 0 Å². The summed E-state index contributed by atoms with van der Waals surface area (Å²) in [7, 11) is 0. The van der Waals surface area contributed by atoms with Crippen molar-refractivity contribution in [2.45, 2.75) is 31.7 Å². The zero-order chi connectivity index (χ0) is 20.0. The molecule has 4 nitrogen and oxygen atoms in total. The van der Waals surface area contributed by atoms with Crippen LogP contribution in [0.3, 0.4) is 0 Å². The van der Waals surface area contributed by atoms with E-state index in [1.807, 2.05) is 0 Å². The van der Waals surface area contributed by atoms with Crippen molar-refractivity contribution in [1.29, 1.82) is 0 Å². The highest BCUT2D eigenvalue weighted by molar-refractivity contribution is 5.70. The average molecular weight is 403 g/mol. The molecule has 0 spiro atoms. The minimum Gasteiger partial charge on any atom is -0.405 e. The van der Waals surface area contributed by atoms with E-state index in [1.165, 1.54) is 22.9 Å². The van der Waals surface area contributed by atoms with Gasteiger partial charge in [0.1, 0.15) is 5.75 Å². The SMILES string of the molecule is FC(F)(F)Oc1ccccc1CNc1cc2c3c(c1)C1CNCC1CN3CCC2. The van der Waals surface area contributed by atoms with Crippen LogP contribution in [0.25, 0.3) is 0 Å². The van der Waals surface area contributed by atoms with Gasteiger partial charge in [0, 0.05) is 55.6 Å². The molecule has 29 heavy (non-hydrogen) atoms. The summed E-state index contributed by atoms with van der Waals surface area (Å²) in [5.41, 5.74) is 5.58. The van der Waals surface area contributed by atoms with Gasteiger partial charge in [0.05, 0.1) is 0 Å². The fourth-order valence-electron chi connectivity index (χ4n) is 5.08. The summed E-state index contributed by atoms with van der Waals surface area (Å²) in [5.74, 6) is 0.989. The van der Waals surface area contributed by atoms with Gasteiger partial charge in [-0.2, -0.15) is 0 Å². The number of fused-ring (bicyclic) bond motifs is 2. The van der Waals surface area contributed by atoms with Crippen LogP contribution in [0.1, 0.15) is 29.0 Å². The predicted octanol–water partition coefficient (Wildman–Crippen LogP) is 4.27. The molecule has 2 unspecified atom stereocenters. The Balaban J connectivity index is 1.42. The van der Waals surface area contributed by atoms with Crippen molar-refractivity contribution < 1.29 is 17.9 Å². The van der Waals surface area contributed by atoms with E-state index >= 15 is 0 Å². The van der Waals surface area contributed by atoms with E-state index in [1.54, 1.807) is 18.2 Å². The molecule has 2 aromatic carbocycles. The van der Waals surface area contributed by atoms with E-state index in [0.717, 1.165) is 44.7 Å². The van der Waals surface area contributed by atoms with Gasteiger partial charge in [-0.15, -0.1) is 13.2 Å². The molecule has 2 atom stereocenters. The Morgan fingerprint density at radius 3 is 2.90 bits per heavy atom. The number of anilines is 2. The molecule has 0 amide bonds. The molecule has 0 saturated carbocycles. The van der Waals surface area contributed by atoms with E-state index in [-0.39, 0.29) is 12.3 Å². The maximum absolute atomic E-state index is 12.7. The highest BCUT2D eigenvalue weighted by Crippen LogP contribution is 2.45. The van der Waals surface area contributed by atoms with Crippen molar-refractivity contribution in [3.8, 4) is 5.75 Å². The smallest absolute Gasteiger partial charge is 0.405 e. The Labute approximate surface area is 168 Å². The minimum atomic E-state index is -4.69. The zero-order valence-electron chi connectivity index (χ0n) is 16.1. The molecule has 0 radical (unpaired) electrons. The van der Waals surface area contributed by atoms with Crippen molar-refractivity contribution in [2.75, 3.05) is 36.4 Å². The lowest BCUT2D eigenvalue weighted by Crippen LogP contribution is -2.41. The average Bonchev–Trinajstić information content (AvgIpc) is 3.15. The van der Waals surface area contributed by atoms with Crippen LogP contribution in [0.2, 0.25) is 0 Å². The molecule has 1 saturated heterocycles. The number of nitrogens with one attached hydrogen (secondary N) is 2. The number of aryl methyl sites for hydroxylation is 1. The number of halogens is 3. The topological polar surface area (TPSA) is 36.5 Å². The van der Waals surface area contributed by atoms with Gasteiger partial charge >= 0.3 is 6.36 Å². The Morgan fingerprint density at radius 2 is 2.03 bits per heavy atom. The fourth-order valence-corrected chi connectivity index (χ4v) is 5.08. The van der Waals surface area contributed by atoms with Crippen LogP contribution in [0.4, 0.5) is 24.5 Å². The van der Waals surface area contributed by atoms with Crippen LogP contribution in [0.5, 0.6) is 5.75 Å². The first-order valence-electron chi connectivity index (χ1n) is 10.2. The lowest BCUT2D eigenvalue weighted by Gasteiger charge is -2.42. The molecule has 5 rings (SSSR count). The van der Waals surface area contributed by atoms with Crippen LogP contribution < -0.4 is 20.3 Å². The first kappa shape index (κ1) is 18.6. The van der Waals surface area contributed by atoms with E-state index in [4.69, 9.17) is 0 Å². The van der Waals surface area contributed by atoms with Gasteiger partial charge in [-0.05, 0) is 48.1 Å². The number of nitrogens with zero attached hydrogens (tertiary/aromatic N) is 1. The first-order valence-corrected chi connectivity index (χ1v) is 10.2. The van der Waals surface area contributed by atoms with Crippen molar-refractivity contribution in [1.82, 2.24) is 5.32 Å². The second-order valence-corrected chi connectivity index (χ2v) is 8.16. The number of hydrogen-bond donors (Lipinski definition) is 2. The van der Waals surface area contributed by atoms with E-state index < -0.39 is 6.36 Å². The van der Waals surface area contributed by atoms with E-state index in [2.05, 4.69) is 32.4 Å². The van der Waals surface area contributed by atoms with Crippen molar-refractivity contribution in [3.63, 3.8) is 0 Å². The number of alkyl halides is 3. The van der Waals surface area contributed by atoms with Gasteiger partial charge in [-0.1, -0.05) is 18.2 Å². The molecule has 3 aliphatic rings. The lowest BCUT2D eigenvalue weighted by atomic mass is 9.80. The van der Waals surface area contributed by atoms with Gasteiger partial charge in [0.25, 0.3) is 0 Å². The zero-order valence-corrected chi connectivity index (χ0v) is 16.1. The van der Waals surface area contributed by atoms with Gasteiger partial charge in [-0.25, -0.2) is 0 Å². The summed E-state index contributed by atoms with van der Waals surface area (Å²) in [6.45, 7) is 4.55. The summed E-state index contributed by atoms with van der Waals surface area (Å²) in [4.78, 5) is 2.53. The number of para-hydroxylation sites is 1. The number of rotatable bonds is 4. The van der Waals surface area contributed by atoms with E-state index in [9.17, 15) is 13.2 Å². The van der Waals surface area contributed by atoms with Crippen LogP contribution in [0.15, 0.2) is 36.4 Å². The quantitative estimate of drug-likeness (QED) is 0.800. The summed E-state index contributed by atoms with van der Waals surface area (Å²) < 4.78 is 42.2. The maximum atomic E-state index is 12.7. The van der Waals surface area contributed by atoms with Crippen LogP contribution in [-0.2, 0) is 13.0 Å². The van der Waals surface area contributed by atoms with Gasteiger partial charge in [-0.3, -0.25) is 0 Å². The summed E-state index contributed by atoms with van der Waals surface area (Å²) >= 11 is 0. The maximum Gasteiger partial charge on any atom is 0.573 e. The largest absolute Gasteiger partial charge is 0.573 e. The molecule has 3 aliphatic heterocycles. The predicted molar refractivity (Wildman–Crippen MR) is 107 cm³/mol. The second-order valence-electron chi connectivity index (χ2n) is 8.16. The molecule has 2 aromatic rings. The Hall–Kier alpha value is -2.41. The third-order valence-electron chi connectivity index (χ3n) is 6.28. The fraction of sp³-hybridized carbons (Fsp3) is 0.455. The van der Waals surface area contributed by atoms with Gasteiger partial charge in [0.2, 0.25) is 0 Å². The third-order valence-corrected chi connectivity index (χ3v) is 6.28. The van der Waals surface area contributed by atoms with E-state index in [0.29, 0.717) is 17.4 Å². The monoisotopic (exact) mass is 403 g/mol. The Kier molecular flexibility index (Phi) is 4.57. The third kappa shape index (κ3) is 3.64. The van der Waals surface area contributed by atoms with Crippen molar-refractivity contribution in [3.05, 3.63) is 53.1 Å². The second kappa shape index (κ2) is 7.13. The minimum absolute atomic E-state index is 0.155. The molecule has 2 N–H and O–H groups in total. The lowest BCUT2D eigenvalue weighted by molar-refractivity contribution is -0.274. The summed E-state index contributed by atoms with van der Waals surface area (Å²) in [6.07, 6.45) is -2.50. The number of benzene rings is 2. The Bertz CT molecular complexity index is 915. The van der Waals surface area contributed by atoms with Crippen LogP contribution in [-0.4, -0.2) is 32.5 Å². The molecule has 0 aromatic heterocycles. The van der Waals surface area contributed by atoms with Gasteiger partial charge < -0.3 is 20.3 Å². The number of hydrogen-bond acceptors (Lipinski definition) is 4. The highest BCUT2D eigenvalue weighted by Gasteiger charge is 2.39. The summed E-state index contributed by atoms with van der Waals surface area (Å²) in [5, 5.41) is 6.87. The van der Waals surface area contributed by atoms with Crippen molar-refractivity contribution >= 4 is 11.4 Å².